The van der Waals surface area contributed by atoms with Crippen LogP contribution in [-0.4, -0.2) is 31.6 Å². The molecule has 1 aliphatic heterocycles. The molecule has 4 rings (SSSR count). The van der Waals surface area contributed by atoms with E-state index in [0.29, 0.717) is 11.5 Å². The molecule has 7 heteroatoms. The standard InChI is InChI=1S/C13H12N6O/c1-3-9-4-2-6-15-13(9)10(5-1)20-12-8-14-7-11-16-17-18-19(11)12/h1,3,5,7-8,15H,2,4,6H2. The predicted octanol–water partition coefficient (Wildman–Crippen LogP) is 1.67. The summed E-state index contributed by atoms with van der Waals surface area (Å²) in [5, 5.41) is 14.8. The summed E-state index contributed by atoms with van der Waals surface area (Å²) in [5.74, 6) is 1.26. The summed E-state index contributed by atoms with van der Waals surface area (Å²) in [6.45, 7) is 0.959. The van der Waals surface area contributed by atoms with E-state index < -0.39 is 0 Å². The minimum atomic E-state index is 0.494. The highest BCUT2D eigenvalue weighted by Crippen LogP contribution is 2.34. The maximum absolute atomic E-state index is 5.94. The second kappa shape index (κ2) is 4.44. The third kappa shape index (κ3) is 1.75. The lowest BCUT2D eigenvalue weighted by Gasteiger charge is -2.20. The van der Waals surface area contributed by atoms with E-state index in [0.717, 1.165) is 30.8 Å². The molecule has 2 aromatic heterocycles. The van der Waals surface area contributed by atoms with Gasteiger partial charge in [0.2, 0.25) is 11.5 Å². The number of rotatable bonds is 2. The van der Waals surface area contributed by atoms with E-state index in [1.54, 1.807) is 12.4 Å². The quantitative estimate of drug-likeness (QED) is 0.761. The predicted molar refractivity (Wildman–Crippen MR) is 71.9 cm³/mol. The zero-order valence-corrected chi connectivity index (χ0v) is 10.7. The molecule has 1 aliphatic rings. The maximum atomic E-state index is 5.94. The molecular formula is C13H12N6O. The second-order valence-electron chi connectivity index (χ2n) is 4.62. The largest absolute Gasteiger partial charge is 0.435 e. The summed E-state index contributed by atoms with van der Waals surface area (Å²) in [5.41, 5.74) is 2.87. The second-order valence-corrected chi connectivity index (χ2v) is 4.62. The highest BCUT2D eigenvalue weighted by molar-refractivity contribution is 5.64. The number of nitrogens with one attached hydrogen (secondary N) is 1. The van der Waals surface area contributed by atoms with Gasteiger partial charge in [-0.05, 0) is 34.9 Å². The van der Waals surface area contributed by atoms with Gasteiger partial charge in [-0.1, -0.05) is 12.1 Å². The van der Waals surface area contributed by atoms with Gasteiger partial charge in [-0.3, -0.25) is 4.98 Å². The molecule has 3 aromatic rings. The van der Waals surface area contributed by atoms with Crippen LogP contribution in [0.15, 0.2) is 30.6 Å². The Kier molecular flexibility index (Phi) is 2.48. The van der Waals surface area contributed by atoms with Gasteiger partial charge >= 0.3 is 0 Å². The zero-order valence-electron chi connectivity index (χ0n) is 10.7. The Morgan fingerprint density at radius 1 is 1.25 bits per heavy atom. The van der Waals surface area contributed by atoms with Crippen molar-refractivity contribution in [1.29, 1.82) is 0 Å². The van der Waals surface area contributed by atoms with Crippen LogP contribution in [0.25, 0.3) is 5.65 Å². The molecule has 0 bridgehead atoms. The van der Waals surface area contributed by atoms with Crippen LogP contribution in [-0.2, 0) is 6.42 Å². The number of hydrogen-bond donors (Lipinski definition) is 1. The van der Waals surface area contributed by atoms with Crippen molar-refractivity contribution in [2.24, 2.45) is 0 Å². The molecule has 0 radical (unpaired) electrons. The van der Waals surface area contributed by atoms with Gasteiger partial charge in [0.25, 0.3) is 0 Å². The molecule has 0 saturated heterocycles. The molecule has 0 saturated carbocycles. The molecule has 1 aromatic carbocycles. The molecule has 0 unspecified atom stereocenters. The molecule has 3 heterocycles. The number of anilines is 1. The Bertz CT molecular complexity index is 768. The van der Waals surface area contributed by atoms with E-state index in [4.69, 9.17) is 4.74 Å². The van der Waals surface area contributed by atoms with E-state index in [1.165, 1.54) is 10.1 Å². The highest BCUT2D eigenvalue weighted by atomic mass is 16.5. The summed E-state index contributed by atoms with van der Waals surface area (Å²) < 4.78 is 7.47. The van der Waals surface area contributed by atoms with Gasteiger partial charge in [0.05, 0.1) is 18.1 Å². The molecule has 100 valence electrons. The zero-order chi connectivity index (χ0) is 13.4. The first-order chi connectivity index (χ1) is 9.92. The van der Waals surface area contributed by atoms with Crippen LogP contribution in [0.3, 0.4) is 0 Å². The number of tetrazole rings is 1. The first kappa shape index (κ1) is 11.2. The van der Waals surface area contributed by atoms with Gasteiger partial charge in [0, 0.05) is 6.54 Å². The number of hydrogen-bond acceptors (Lipinski definition) is 6. The van der Waals surface area contributed by atoms with Crippen molar-refractivity contribution in [2.75, 3.05) is 11.9 Å². The van der Waals surface area contributed by atoms with Crippen LogP contribution in [0.5, 0.6) is 11.6 Å². The number of ether oxygens (including phenoxy) is 1. The van der Waals surface area contributed by atoms with E-state index in [9.17, 15) is 0 Å². The molecule has 0 amide bonds. The van der Waals surface area contributed by atoms with E-state index in [-0.39, 0.29) is 0 Å². The summed E-state index contributed by atoms with van der Waals surface area (Å²) in [6, 6.07) is 6.04. The minimum Gasteiger partial charge on any atom is -0.435 e. The molecule has 0 spiro atoms. The Balaban J connectivity index is 1.78. The fourth-order valence-electron chi connectivity index (χ4n) is 2.40. The Morgan fingerprint density at radius 3 is 3.25 bits per heavy atom. The number of nitrogens with zero attached hydrogens (tertiary/aromatic N) is 5. The van der Waals surface area contributed by atoms with E-state index >= 15 is 0 Å². The monoisotopic (exact) mass is 268 g/mol. The number of aromatic nitrogens is 5. The third-order valence-corrected chi connectivity index (χ3v) is 3.33. The fourth-order valence-corrected chi connectivity index (χ4v) is 2.40. The van der Waals surface area contributed by atoms with Gasteiger partial charge in [-0.25, -0.2) is 0 Å². The topological polar surface area (TPSA) is 77.2 Å². The molecule has 7 nitrogen and oxygen atoms in total. The highest BCUT2D eigenvalue weighted by Gasteiger charge is 2.15. The SMILES string of the molecule is c1cc2c(c(Oc3cncc4nnnn34)c1)NCCC2. The van der Waals surface area contributed by atoms with Gasteiger partial charge in [0.1, 0.15) is 0 Å². The van der Waals surface area contributed by atoms with Crippen LogP contribution in [0.1, 0.15) is 12.0 Å². The Morgan fingerprint density at radius 2 is 2.25 bits per heavy atom. The Hall–Kier alpha value is -2.70. The molecule has 0 fully saturated rings. The van der Waals surface area contributed by atoms with Crippen LogP contribution in [0.2, 0.25) is 0 Å². The van der Waals surface area contributed by atoms with Crippen LogP contribution < -0.4 is 10.1 Å². The van der Waals surface area contributed by atoms with Gasteiger partial charge in [-0.15, -0.1) is 5.10 Å². The number of para-hydroxylation sites is 1. The van der Waals surface area contributed by atoms with Gasteiger partial charge in [-0.2, -0.15) is 4.52 Å². The molecule has 20 heavy (non-hydrogen) atoms. The lowest BCUT2D eigenvalue weighted by atomic mass is 10.0. The molecular weight excluding hydrogens is 256 g/mol. The number of fused-ring (bicyclic) bond motifs is 2. The minimum absolute atomic E-state index is 0.494. The third-order valence-electron chi connectivity index (χ3n) is 3.33. The van der Waals surface area contributed by atoms with Crippen LogP contribution in [0.4, 0.5) is 5.69 Å². The van der Waals surface area contributed by atoms with Crippen molar-refractivity contribution in [2.45, 2.75) is 12.8 Å². The lowest BCUT2D eigenvalue weighted by molar-refractivity contribution is 0.442. The first-order valence-electron chi connectivity index (χ1n) is 6.47. The van der Waals surface area contributed by atoms with Crippen molar-refractivity contribution < 1.29 is 4.74 Å². The van der Waals surface area contributed by atoms with E-state index in [1.807, 2.05) is 12.1 Å². The van der Waals surface area contributed by atoms with Crippen molar-refractivity contribution in [1.82, 2.24) is 25.0 Å². The van der Waals surface area contributed by atoms with Crippen molar-refractivity contribution in [3.63, 3.8) is 0 Å². The smallest absolute Gasteiger partial charge is 0.242 e. The summed E-state index contributed by atoms with van der Waals surface area (Å²) in [7, 11) is 0. The van der Waals surface area contributed by atoms with Crippen LogP contribution in [0, 0.1) is 0 Å². The molecule has 1 N–H and O–H groups in total. The van der Waals surface area contributed by atoms with Crippen molar-refractivity contribution in [3.05, 3.63) is 36.2 Å². The lowest BCUT2D eigenvalue weighted by Crippen LogP contribution is -2.12. The summed E-state index contributed by atoms with van der Waals surface area (Å²) in [6.07, 6.45) is 5.39. The normalized spacial score (nSPS) is 13.8. The number of benzene rings is 1. The van der Waals surface area contributed by atoms with Crippen molar-refractivity contribution in [3.8, 4) is 11.6 Å². The summed E-state index contributed by atoms with van der Waals surface area (Å²) in [4.78, 5) is 4.08. The summed E-state index contributed by atoms with van der Waals surface area (Å²) >= 11 is 0. The Labute approximate surface area is 114 Å². The van der Waals surface area contributed by atoms with Gasteiger partial charge in [0.15, 0.2) is 5.75 Å². The first-order valence-corrected chi connectivity index (χ1v) is 6.47. The molecule has 0 atom stereocenters. The van der Waals surface area contributed by atoms with Crippen molar-refractivity contribution >= 4 is 11.3 Å². The maximum Gasteiger partial charge on any atom is 0.242 e. The average Bonchev–Trinajstić information content (AvgIpc) is 2.97. The van der Waals surface area contributed by atoms with E-state index in [2.05, 4.69) is 31.9 Å². The average molecular weight is 268 g/mol. The van der Waals surface area contributed by atoms with Crippen LogP contribution >= 0.6 is 0 Å². The number of aryl methyl sites for hydroxylation is 1. The fraction of sp³-hybridized carbons (Fsp3) is 0.231. The van der Waals surface area contributed by atoms with Gasteiger partial charge < -0.3 is 10.1 Å². The molecule has 0 aliphatic carbocycles.